The number of carbonyl (C=O) groups excluding carboxylic acids is 1. The quantitative estimate of drug-likeness (QED) is 0.525. The zero-order chi connectivity index (χ0) is 17.9. The van der Waals surface area contributed by atoms with Crippen LogP contribution in [0.15, 0.2) is 48.5 Å². The van der Waals surface area contributed by atoms with Gasteiger partial charge < -0.3 is 0 Å². The van der Waals surface area contributed by atoms with Gasteiger partial charge in [-0.1, -0.05) is 79.1 Å². The van der Waals surface area contributed by atoms with Crippen LogP contribution in [-0.4, -0.2) is 16.0 Å². The second-order valence-corrected chi connectivity index (χ2v) is 7.98. The van der Waals surface area contributed by atoms with Crippen LogP contribution in [-0.2, 0) is 0 Å². The molecule has 0 saturated heterocycles. The van der Waals surface area contributed by atoms with Crippen molar-refractivity contribution in [3.63, 3.8) is 0 Å². The standard InChI is InChI=1S/C22H22N2OS/c1-15(25)16-7-11-19(12-8-16)21-23-24-22(26-21)20-13-9-18(10-14-20)17-5-3-2-4-6-17/h7-14,17H,2-6H2,1H3. The van der Waals surface area contributed by atoms with Crippen LogP contribution in [0.3, 0.4) is 0 Å². The number of Topliss-reactive ketones (excluding diaryl/α,β-unsaturated/α-hetero) is 1. The van der Waals surface area contributed by atoms with Gasteiger partial charge in [-0.2, -0.15) is 0 Å². The number of benzene rings is 2. The van der Waals surface area contributed by atoms with E-state index < -0.39 is 0 Å². The van der Waals surface area contributed by atoms with Gasteiger partial charge in [-0.25, -0.2) is 0 Å². The highest BCUT2D eigenvalue weighted by Crippen LogP contribution is 2.35. The fourth-order valence-electron chi connectivity index (χ4n) is 3.64. The summed E-state index contributed by atoms with van der Waals surface area (Å²) in [4.78, 5) is 11.4. The molecule has 0 N–H and O–H groups in total. The minimum Gasteiger partial charge on any atom is -0.295 e. The minimum atomic E-state index is 0.0764. The number of aromatic nitrogens is 2. The van der Waals surface area contributed by atoms with Gasteiger partial charge in [0, 0.05) is 16.7 Å². The highest BCUT2D eigenvalue weighted by molar-refractivity contribution is 7.17. The molecule has 3 aromatic rings. The zero-order valence-corrected chi connectivity index (χ0v) is 15.8. The minimum absolute atomic E-state index is 0.0764. The van der Waals surface area contributed by atoms with E-state index in [4.69, 9.17) is 0 Å². The van der Waals surface area contributed by atoms with Crippen molar-refractivity contribution in [3.05, 3.63) is 59.7 Å². The fraction of sp³-hybridized carbons (Fsp3) is 0.318. The lowest BCUT2D eigenvalue weighted by Crippen LogP contribution is -2.04. The van der Waals surface area contributed by atoms with Gasteiger partial charge >= 0.3 is 0 Å². The molecular weight excluding hydrogens is 340 g/mol. The lowest BCUT2D eigenvalue weighted by molar-refractivity contribution is 0.101. The summed E-state index contributed by atoms with van der Waals surface area (Å²) in [5, 5.41) is 10.5. The zero-order valence-electron chi connectivity index (χ0n) is 14.9. The lowest BCUT2D eigenvalue weighted by atomic mass is 9.84. The Morgan fingerprint density at radius 3 is 1.92 bits per heavy atom. The molecule has 2 aromatic carbocycles. The van der Waals surface area contributed by atoms with Crippen molar-refractivity contribution in [1.29, 1.82) is 0 Å². The molecule has 3 nitrogen and oxygen atoms in total. The average molecular weight is 362 g/mol. The summed E-state index contributed by atoms with van der Waals surface area (Å²) in [7, 11) is 0. The van der Waals surface area contributed by atoms with Crippen LogP contribution in [0, 0.1) is 0 Å². The van der Waals surface area contributed by atoms with E-state index in [1.165, 1.54) is 37.7 Å². The molecule has 1 saturated carbocycles. The molecule has 0 bridgehead atoms. The molecule has 1 aromatic heterocycles. The molecule has 0 aliphatic heterocycles. The molecule has 1 fully saturated rings. The van der Waals surface area contributed by atoms with Gasteiger partial charge in [-0.15, -0.1) is 10.2 Å². The monoisotopic (exact) mass is 362 g/mol. The van der Waals surface area contributed by atoms with Gasteiger partial charge in [0.15, 0.2) is 5.78 Å². The Morgan fingerprint density at radius 1 is 0.846 bits per heavy atom. The number of carbonyl (C=O) groups is 1. The maximum atomic E-state index is 11.4. The lowest BCUT2D eigenvalue weighted by Gasteiger charge is -2.21. The molecule has 4 heteroatoms. The highest BCUT2D eigenvalue weighted by atomic mass is 32.1. The van der Waals surface area contributed by atoms with Gasteiger partial charge in [-0.3, -0.25) is 4.79 Å². The van der Waals surface area contributed by atoms with Crippen molar-refractivity contribution in [2.24, 2.45) is 0 Å². The van der Waals surface area contributed by atoms with Crippen LogP contribution < -0.4 is 0 Å². The first-order chi connectivity index (χ1) is 12.7. The van der Waals surface area contributed by atoms with Crippen LogP contribution in [0.1, 0.15) is 60.9 Å². The van der Waals surface area contributed by atoms with Gasteiger partial charge in [-0.05, 0) is 31.2 Å². The predicted molar refractivity (Wildman–Crippen MR) is 107 cm³/mol. The number of nitrogens with zero attached hydrogens (tertiary/aromatic N) is 2. The van der Waals surface area contributed by atoms with Gasteiger partial charge in [0.05, 0.1) is 0 Å². The van der Waals surface area contributed by atoms with E-state index in [-0.39, 0.29) is 5.78 Å². The van der Waals surface area contributed by atoms with Crippen LogP contribution in [0.25, 0.3) is 21.1 Å². The maximum absolute atomic E-state index is 11.4. The van der Waals surface area contributed by atoms with E-state index in [1.807, 2.05) is 24.3 Å². The molecule has 4 rings (SSSR count). The van der Waals surface area contributed by atoms with Gasteiger partial charge in [0.25, 0.3) is 0 Å². The SMILES string of the molecule is CC(=O)c1ccc(-c2nnc(-c3ccc(C4CCCCC4)cc3)s2)cc1. The molecule has 132 valence electrons. The Morgan fingerprint density at radius 2 is 1.38 bits per heavy atom. The number of ketones is 1. The first-order valence-corrected chi connectivity index (χ1v) is 10.1. The highest BCUT2D eigenvalue weighted by Gasteiger charge is 2.16. The number of rotatable bonds is 4. The molecule has 1 aliphatic rings. The third-order valence-corrected chi connectivity index (χ3v) is 6.22. The topological polar surface area (TPSA) is 42.9 Å². The van der Waals surface area contributed by atoms with Crippen LogP contribution >= 0.6 is 11.3 Å². The van der Waals surface area contributed by atoms with E-state index in [9.17, 15) is 4.79 Å². The molecule has 0 spiro atoms. The maximum Gasteiger partial charge on any atom is 0.159 e. The Balaban J connectivity index is 1.53. The molecular formula is C22H22N2OS. The van der Waals surface area contributed by atoms with Gasteiger partial charge in [0.2, 0.25) is 0 Å². The molecule has 1 aliphatic carbocycles. The first-order valence-electron chi connectivity index (χ1n) is 9.26. The third-order valence-electron chi connectivity index (χ3n) is 5.20. The summed E-state index contributed by atoms with van der Waals surface area (Å²) in [5.74, 6) is 0.801. The summed E-state index contributed by atoms with van der Waals surface area (Å²) in [6.45, 7) is 1.58. The van der Waals surface area contributed by atoms with E-state index in [0.29, 0.717) is 0 Å². The van der Waals surface area contributed by atoms with E-state index >= 15 is 0 Å². The first kappa shape index (κ1) is 17.1. The van der Waals surface area contributed by atoms with Gasteiger partial charge in [0.1, 0.15) is 10.0 Å². The summed E-state index contributed by atoms with van der Waals surface area (Å²) < 4.78 is 0. The van der Waals surface area contributed by atoms with Crippen LogP contribution in [0.2, 0.25) is 0 Å². The Labute approximate surface area is 158 Å². The largest absolute Gasteiger partial charge is 0.295 e. The number of hydrogen-bond donors (Lipinski definition) is 0. The van der Waals surface area contributed by atoms with Crippen LogP contribution in [0.4, 0.5) is 0 Å². The summed E-state index contributed by atoms with van der Waals surface area (Å²) in [5.41, 5.74) is 4.29. The Bertz CT molecular complexity index is 891. The Hall–Kier alpha value is -2.33. The second kappa shape index (κ2) is 7.50. The summed E-state index contributed by atoms with van der Waals surface area (Å²) >= 11 is 1.59. The molecule has 0 radical (unpaired) electrons. The van der Waals surface area contributed by atoms with Crippen LogP contribution in [0.5, 0.6) is 0 Å². The normalized spacial score (nSPS) is 15.1. The van der Waals surface area contributed by atoms with Crippen molar-refractivity contribution in [2.75, 3.05) is 0 Å². The van der Waals surface area contributed by atoms with Crippen molar-refractivity contribution in [1.82, 2.24) is 10.2 Å². The molecule has 0 unspecified atom stereocenters. The predicted octanol–water partition coefficient (Wildman–Crippen LogP) is 6.12. The van der Waals surface area contributed by atoms with Crippen molar-refractivity contribution in [2.45, 2.75) is 44.9 Å². The molecule has 0 amide bonds. The van der Waals surface area contributed by atoms with Crippen molar-refractivity contribution >= 4 is 17.1 Å². The van der Waals surface area contributed by atoms with E-state index in [2.05, 4.69) is 34.5 Å². The molecule has 0 atom stereocenters. The smallest absolute Gasteiger partial charge is 0.159 e. The average Bonchev–Trinajstić information content (AvgIpc) is 3.19. The van der Waals surface area contributed by atoms with Crippen molar-refractivity contribution < 1.29 is 4.79 Å². The molecule has 1 heterocycles. The Kier molecular flexibility index (Phi) is 4.93. The summed E-state index contributed by atoms with van der Waals surface area (Å²) in [6, 6.07) is 16.4. The van der Waals surface area contributed by atoms with E-state index in [0.717, 1.165) is 32.6 Å². The number of hydrogen-bond acceptors (Lipinski definition) is 4. The van der Waals surface area contributed by atoms with Crippen molar-refractivity contribution in [3.8, 4) is 21.1 Å². The molecule has 26 heavy (non-hydrogen) atoms. The van der Waals surface area contributed by atoms with E-state index in [1.54, 1.807) is 18.3 Å². The second-order valence-electron chi connectivity index (χ2n) is 7.00. The fourth-order valence-corrected chi connectivity index (χ4v) is 4.49. The summed E-state index contributed by atoms with van der Waals surface area (Å²) in [6.07, 6.45) is 6.73. The third kappa shape index (κ3) is 3.61.